The standard InChI is InChI=1S/C24H24F3IN4O/c1-12-15(8-7-9-16(12)24(25,26)27)23(5,28)31-20-14-10-17-19(11-18(14)29-13(2)30-20)32(6)21(33)22(17,3)4/h7-11H,1-6H3,(H,29,30,31). The average molecular weight is 568 g/mol. The number of hydrogen-bond acceptors (Lipinski definition) is 4. The zero-order valence-electron chi connectivity index (χ0n) is 19.1. The highest BCUT2D eigenvalue weighted by atomic mass is 127. The molecule has 0 saturated carbocycles. The van der Waals surface area contributed by atoms with Gasteiger partial charge < -0.3 is 10.2 Å². The molecule has 0 spiro atoms. The van der Waals surface area contributed by atoms with Gasteiger partial charge in [0.05, 0.1) is 16.5 Å². The minimum atomic E-state index is -4.43. The van der Waals surface area contributed by atoms with Crippen molar-refractivity contribution in [3.05, 3.63) is 58.4 Å². The van der Waals surface area contributed by atoms with E-state index in [1.165, 1.54) is 13.0 Å². The van der Waals surface area contributed by atoms with Crippen molar-refractivity contribution in [2.24, 2.45) is 0 Å². The summed E-state index contributed by atoms with van der Waals surface area (Å²) in [6.07, 6.45) is -4.43. The van der Waals surface area contributed by atoms with Gasteiger partial charge in [0, 0.05) is 18.1 Å². The van der Waals surface area contributed by atoms with Crippen LogP contribution in [-0.4, -0.2) is 22.9 Å². The quantitative estimate of drug-likeness (QED) is 0.231. The number of anilines is 2. The molecule has 1 N–H and O–H groups in total. The largest absolute Gasteiger partial charge is 0.416 e. The Morgan fingerprint density at radius 2 is 1.73 bits per heavy atom. The third-order valence-electron chi connectivity index (χ3n) is 6.30. The molecule has 2 heterocycles. The molecule has 1 aliphatic rings. The highest BCUT2D eigenvalue weighted by molar-refractivity contribution is 14.1. The number of carbonyl (C=O) groups is 1. The predicted molar refractivity (Wildman–Crippen MR) is 132 cm³/mol. The molecule has 174 valence electrons. The Labute approximate surface area is 203 Å². The van der Waals surface area contributed by atoms with E-state index in [1.54, 1.807) is 24.9 Å². The molecule has 1 atom stereocenters. The van der Waals surface area contributed by atoms with E-state index < -0.39 is 20.7 Å². The second kappa shape index (κ2) is 7.54. The van der Waals surface area contributed by atoms with Crippen LogP contribution in [-0.2, 0) is 19.9 Å². The van der Waals surface area contributed by atoms with E-state index in [1.807, 2.05) is 32.9 Å². The lowest BCUT2D eigenvalue weighted by molar-refractivity contribution is -0.138. The third-order valence-corrected chi connectivity index (χ3v) is 7.15. The van der Waals surface area contributed by atoms with Crippen LogP contribution in [0.25, 0.3) is 10.9 Å². The number of benzene rings is 2. The van der Waals surface area contributed by atoms with E-state index >= 15 is 0 Å². The first-order valence-corrected chi connectivity index (χ1v) is 11.5. The maximum Gasteiger partial charge on any atom is 0.416 e. The third kappa shape index (κ3) is 3.83. The van der Waals surface area contributed by atoms with Gasteiger partial charge in [0.1, 0.15) is 15.2 Å². The molecule has 1 amide bonds. The Balaban J connectivity index is 1.87. The zero-order valence-corrected chi connectivity index (χ0v) is 21.3. The molecule has 0 aliphatic carbocycles. The Bertz CT molecular complexity index is 1300. The smallest absolute Gasteiger partial charge is 0.352 e. The highest BCUT2D eigenvalue weighted by Gasteiger charge is 2.43. The van der Waals surface area contributed by atoms with Crippen LogP contribution in [0.2, 0.25) is 0 Å². The van der Waals surface area contributed by atoms with Crippen molar-refractivity contribution < 1.29 is 18.0 Å². The molecule has 1 aliphatic heterocycles. The van der Waals surface area contributed by atoms with Crippen molar-refractivity contribution in [1.82, 2.24) is 9.97 Å². The van der Waals surface area contributed by atoms with Gasteiger partial charge in [-0.15, -0.1) is 0 Å². The van der Waals surface area contributed by atoms with E-state index in [4.69, 9.17) is 0 Å². The summed E-state index contributed by atoms with van der Waals surface area (Å²) in [5.41, 5.74) is 1.64. The number of fused-ring (bicyclic) bond motifs is 2. The molecule has 3 aromatic rings. The van der Waals surface area contributed by atoms with Gasteiger partial charge in [-0.2, -0.15) is 13.2 Å². The monoisotopic (exact) mass is 568 g/mol. The molecule has 0 bridgehead atoms. The lowest BCUT2D eigenvalue weighted by Gasteiger charge is -2.29. The number of rotatable bonds is 3. The fraction of sp³-hybridized carbons (Fsp3) is 0.375. The lowest BCUT2D eigenvalue weighted by atomic mass is 9.85. The van der Waals surface area contributed by atoms with Gasteiger partial charge in [-0.3, -0.25) is 4.79 Å². The number of aromatic nitrogens is 2. The normalized spacial score (nSPS) is 17.3. The number of likely N-dealkylation sites (N-methyl/N-ethyl adjacent to an activating group) is 1. The average Bonchev–Trinajstić information content (AvgIpc) is 2.85. The molecule has 9 heteroatoms. The van der Waals surface area contributed by atoms with Gasteiger partial charge in [0.15, 0.2) is 0 Å². The van der Waals surface area contributed by atoms with Crippen LogP contribution in [0.4, 0.5) is 24.7 Å². The van der Waals surface area contributed by atoms with Crippen LogP contribution < -0.4 is 10.2 Å². The fourth-order valence-electron chi connectivity index (χ4n) is 4.54. The van der Waals surface area contributed by atoms with E-state index in [2.05, 4.69) is 37.9 Å². The molecule has 33 heavy (non-hydrogen) atoms. The van der Waals surface area contributed by atoms with Gasteiger partial charge in [-0.1, -0.05) is 12.1 Å². The lowest BCUT2D eigenvalue weighted by Crippen LogP contribution is -2.33. The Morgan fingerprint density at radius 1 is 1.09 bits per heavy atom. The maximum atomic E-state index is 13.5. The molecule has 0 fully saturated rings. The maximum absolute atomic E-state index is 13.5. The molecular formula is C24H24F3IN4O. The fourth-order valence-corrected chi connectivity index (χ4v) is 5.38. The Morgan fingerprint density at radius 3 is 2.36 bits per heavy atom. The zero-order chi connectivity index (χ0) is 24.5. The Kier molecular flexibility index (Phi) is 5.42. The molecule has 2 aromatic carbocycles. The number of nitrogens with zero attached hydrogens (tertiary/aromatic N) is 3. The van der Waals surface area contributed by atoms with Crippen molar-refractivity contribution >= 4 is 50.9 Å². The summed E-state index contributed by atoms with van der Waals surface area (Å²) in [7, 11) is 1.74. The summed E-state index contributed by atoms with van der Waals surface area (Å²) in [5.74, 6) is 1.02. The number of aryl methyl sites for hydroxylation is 1. The molecule has 5 nitrogen and oxygen atoms in total. The second-order valence-corrected chi connectivity index (χ2v) is 11.3. The molecule has 4 rings (SSSR count). The van der Waals surface area contributed by atoms with Crippen molar-refractivity contribution in [2.45, 2.75) is 49.8 Å². The van der Waals surface area contributed by atoms with Crippen molar-refractivity contribution in [3.8, 4) is 0 Å². The van der Waals surface area contributed by atoms with Gasteiger partial charge in [-0.05, 0) is 92.1 Å². The van der Waals surface area contributed by atoms with Gasteiger partial charge >= 0.3 is 6.18 Å². The molecule has 0 saturated heterocycles. The van der Waals surface area contributed by atoms with Crippen LogP contribution in [0.15, 0.2) is 30.3 Å². The van der Waals surface area contributed by atoms with Crippen LogP contribution >= 0.6 is 22.6 Å². The first kappa shape index (κ1) is 23.7. The van der Waals surface area contributed by atoms with Crippen LogP contribution in [0.5, 0.6) is 0 Å². The SMILES string of the molecule is Cc1nc(NC(C)(I)c2cccc(C(F)(F)F)c2C)c2cc3c(cc2n1)N(C)C(=O)C3(C)C. The van der Waals surface area contributed by atoms with Gasteiger partial charge in [0.25, 0.3) is 0 Å². The molecule has 0 radical (unpaired) electrons. The first-order chi connectivity index (χ1) is 15.1. The number of carbonyl (C=O) groups excluding carboxylic acids is 1. The summed E-state index contributed by atoms with van der Waals surface area (Å²) in [5, 5.41) is 4.06. The van der Waals surface area contributed by atoms with Crippen LogP contribution in [0, 0.1) is 13.8 Å². The number of halogens is 4. The summed E-state index contributed by atoms with van der Waals surface area (Å²) in [6.45, 7) is 8.81. The van der Waals surface area contributed by atoms with Crippen molar-refractivity contribution in [1.29, 1.82) is 0 Å². The number of alkyl halides is 4. The molecular weight excluding hydrogens is 544 g/mol. The summed E-state index contributed by atoms with van der Waals surface area (Å²) in [6, 6.07) is 7.99. The van der Waals surface area contributed by atoms with Gasteiger partial charge in [0.2, 0.25) is 5.91 Å². The minimum absolute atomic E-state index is 0.00897. The topological polar surface area (TPSA) is 58.1 Å². The Hall–Kier alpha value is -2.43. The van der Waals surface area contributed by atoms with Crippen molar-refractivity contribution in [2.75, 3.05) is 17.3 Å². The van der Waals surface area contributed by atoms with E-state index in [0.717, 1.165) is 17.3 Å². The van der Waals surface area contributed by atoms with Crippen LogP contribution in [0.3, 0.4) is 0 Å². The highest BCUT2D eigenvalue weighted by Crippen LogP contribution is 2.45. The molecule has 1 aromatic heterocycles. The van der Waals surface area contributed by atoms with Crippen molar-refractivity contribution in [3.63, 3.8) is 0 Å². The van der Waals surface area contributed by atoms with E-state index in [0.29, 0.717) is 28.1 Å². The van der Waals surface area contributed by atoms with Gasteiger partial charge in [-0.25, -0.2) is 9.97 Å². The summed E-state index contributed by atoms with van der Waals surface area (Å²) < 4.78 is 39.6. The molecule has 1 unspecified atom stereocenters. The number of nitrogens with one attached hydrogen (secondary N) is 1. The second-order valence-electron chi connectivity index (χ2n) is 9.10. The number of hydrogen-bond donors (Lipinski definition) is 1. The predicted octanol–water partition coefficient (Wildman–Crippen LogP) is 6.24. The number of amides is 1. The van der Waals surface area contributed by atoms with E-state index in [9.17, 15) is 18.0 Å². The summed E-state index contributed by atoms with van der Waals surface area (Å²) >= 11 is 2.11. The minimum Gasteiger partial charge on any atom is -0.352 e. The van der Waals surface area contributed by atoms with Crippen LogP contribution in [0.1, 0.15) is 48.8 Å². The first-order valence-electron chi connectivity index (χ1n) is 10.4. The van der Waals surface area contributed by atoms with E-state index in [-0.39, 0.29) is 11.5 Å². The summed E-state index contributed by atoms with van der Waals surface area (Å²) in [4.78, 5) is 23.5.